The molecule has 1 atom stereocenters. The van der Waals surface area contributed by atoms with Crippen LogP contribution in [-0.4, -0.2) is 51.6 Å². The molecular weight excluding hydrogens is 288 g/mol. The lowest BCUT2D eigenvalue weighted by Crippen LogP contribution is -2.43. The summed E-state index contributed by atoms with van der Waals surface area (Å²) in [6.45, 7) is 6.24. The van der Waals surface area contributed by atoms with Crippen molar-refractivity contribution < 1.29 is 9.53 Å². The fourth-order valence-electron chi connectivity index (χ4n) is 2.61. The molecule has 0 aliphatic carbocycles. The number of fused-ring (bicyclic) bond motifs is 1. The van der Waals surface area contributed by atoms with Crippen LogP contribution < -0.4 is 0 Å². The number of aryl methyl sites for hydroxylation is 1. The van der Waals surface area contributed by atoms with E-state index in [9.17, 15) is 4.79 Å². The molecule has 1 aliphatic heterocycles. The lowest BCUT2D eigenvalue weighted by molar-refractivity contribution is -0.138. The van der Waals surface area contributed by atoms with Crippen LogP contribution in [0.3, 0.4) is 0 Å². The van der Waals surface area contributed by atoms with Crippen LogP contribution in [0.25, 0.3) is 11.2 Å². The highest BCUT2D eigenvalue weighted by molar-refractivity contribution is 7.71. The largest absolute Gasteiger partial charge is 0.378 e. The summed E-state index contributed by atoms with van der Waals surface area (Å²) in [5.74, 6) is 0.0543. The Morgan fingerprint density at radius 2 is 2.14 bits per heavy atom. The molecule has 2 aromatic heterocycles. The first-order valence-corrected chi connectivity index (χ1v) is 7.43. The summed E-state index contributed by atoms with van der Waals surface area (Å²) in [5.41, 5.74) is 2.48. The van der Waals surface area contributed by atoms with Gasteiger partial charge in [0.2, 0.25) is 5.91 Å². The van der Waals surface area contributed by atoms with Crippen LogP contribution in [0.4, 0.5) is 0 Å². The van der Waals surface area contributed by atoms with Crippen LogP contribution in [0.1, 0.15) is 18.7 Å². The van der Waals surface area contributed by atoms with E-state index in [-0.39, 0.29) is 11.9 Å². The number of aromatic amines is 1. The van der Waals surface area contributed by atoms with Crippen LogP contribution in [0.15, 0.2) is 12.1 Å². The van der Waals surface area contributed by atoms with Gasteiger partial charge in [0.1, 0.15) is 6.04 Å². The van der Waals surface area contributed by atoms with E-state index < -0.39 is 0 Å². The van der Waals surface area contributed by atoms with Crippen LogP contribution in [0.2, 0.25) is 0 Å². The summed E-state index contributed by atoms with van der Waals surface area (Å²) in [5, 5.41) is 0. The number of aromatic nitrogens is 3. The van der Waals surface area contributed by atoms with Crippen molar-refractivity contribution in [2.45, 2.75) is 19.9 Å². The number of amides is 1. The SMILES string of the molecule is Cc1ccc2[nH]c(=S)n(C(C)C(=O)N3CCOCC3)c2n1. The number of pyridine rings is 1. The van der Waals surface area contributed by atoms with Gasteiger partial charge in [-0.1, -0.05) is 0 Å². The third-order valence-electron chi connectivity index (χ3n) is 3.77. The molecular formula is C14H18N4O2S. The fourth-order valence-corrected chi connectivity index (χ4v) is 2.97. The van der Waals surface area contributed by atoms with Crippen molar-refractivity contribution in [1.29, 1.82) is 0 Å². The molecule has 3 heterocycles. The summed E-state index contributed by atoms with van der Waals surface area (Å²) >= 11 is 5.37. The first-order chi connectivity index (χ1) is 10.1. The second-order valence-corrected chi connectivity index (χ2v) is 5.62. The Kier molecular flexibility index (Phi) is 3.77. The van der Waals surface area contributed by atoms with E-state index in [1.165, 1.54) is 0 Å². The minimum atomic E-state index is -0.376. The number of ether oxygens (including phenoxy) is 1. The smallest absolute Gasteiger partial charge is 0.245 e. The lowest BCUT2D eigenvalue weighted by atomic mass is 10.2. The number of morpholine rings is 1. The molecule has 0 saturated carbocycles. The molecule has 0 bridgehead atoms. The van der Waals surface area contributed by atoms with E-state index in [1.807, 2.05) is 30.9 Å². The molecule has 21 heavy (non-hydrogen) atoms. The maximum absolute atomic E-state index is 12.6. The Bertz CT molecular complexity index is 730. The number of hydrogen-bond donors (Lipinski definition) is 1. The van der Waals surface area contributed by atoms with Gasteiger partial charge in [0, 0.05) is 18.8 Å². The first kappa shape index (κ1) is 14.2. The molecule has 1 fully saturated rings. The molecule has 2 aromatic rings. The van der Waals surface area contributed by atoms with Crippen LogP contribution in [-0.2, 0) is 9.53 Å². The molecule has 1 unspecified atom stereocenters. The Morgan fingerprint density at radius 3 is 2.86 bits per heavy atom. The summed E-state index contributed by atoms with van der Waals surface area (Å²) in [7, 11) is 0. The normalized spacial score (nSPS) is 17.1. The first-order valence-electron chi connectivity index (χ1n) is 7.02. The minimum Gasteiger partial charge on any atom is -0.378 e. The van der Waals surface area contributed by atoms with E-state index in [0.717, 1.165) is 16.9 Å². The average molecular weight is 306 g/mol. The number of rotatable bonds is 2. The van der Waals surface area contributed by atoms with Gasteiger partial charge in [0.25, 0.3) is 0 Å². The van der Waals surface area contributed by atoms with Gasteiger partial charge < -0.3 is 14.6 Å². The van der Waals surface area contributed by atoms with E-state index >= 15 is 0 Å². The monoisotopic (exact) mass is 306 g/mol. The summed E-state index contributed by atoms with van der Waals surface area (Å²) in [4.78, 5) is 22.1. The number of nitrogens with zero attached hydrogens (tertiary/aromatic N) is 3. The van der Waals surface area contributed by atoms with Crippen molar-refractivity contribution >= 4 is 29.3 Å². The Labute approximate surface area is 127 Å². The highest BCUT2D eigenvalue weighted by Crippen LogP contribution is 2.20. The third-order valence-corrected chi connectivity index (χ3v) is 4.07. The molecule has 6 nitrogen and oxygen atoms in total. The summed E-state index contributed by atoms with van der Waals surface area (Å²) in [6.07, 6.45) is 0. The molecule has 0 aromatic carbocycles. The van der Waals surface area contributed by atoms with Crippen molar-refractivity contribution in [3.63, 3.8) is 0 Å². The van der Waals surface area contributed by atoms with Crippen molar-refractivity contribution in [1.82, 2.24) is 19.4 Å². The van der Waals surface area contributed by atoms with Crippen molar-refractivity contribution in [3.8, 4) is 0 Å². The predicted molar refractivity (Wildman–Crippen MR) is 81.8 cm³/mol. The van der Waals surface area contributed by atoms with Gasteiger partial charge in [0.05, 0.1) is 18.7 Å². The molecule has 1 aliphatic rings. The molecule has 1 N–H and O–H groups in total. The second-order valence-electron chi connectivity index (χ2n) is 5.24. The average Bonchev–Trinajstić information content (AvgIpc) is 2.82. The third kappa shape index (κ3) is 2.58. The number of carbonyl (C=O) groups is 1. The topological polar surface area (TPSA) is 63.2 Å². The Hall–Kier alpha value is -1.73. The zero-order valence-electron chi connectivity index (χ0n) is 12.1. The number of carbonyl (C=O) groups excluding carboxylic acids is 1. The van der Waals surface area contributed by atoms with Gasteiger partial charge in [-0.05, 0) is 38.2 Å². The van der Waals surface area contributed by atoms with Gasteiger partial charge >= 0.3 is 0 Å². The zero-order valence-corrected chi connectivity index (χ0v) is 12.9. The quantitative estimate of drug-likeness (QED) is 0.860. The highest BCUT2D eigenvalue weighted by atomic mass is 32.1. The molecule has 3 rings (SSSR count). The van der Waals surface area contributed by atoms with Gasteiger partial charge in [-0.15, -0.1) is 0 Å². The number of H-pyrrole nitrogens is 1. The van der Waals surface area contributed by atoms with Crippen molar-refractivity contribution in [3.05, 3.63) is 22.6 Å². The lowest BCUT2D eigenvalue weighted by Gasteiger charge is -2.29. The van der Waals surface area contributed by atoms with E-state index in [1.54, 1.807) is 4.57 Å². The Balaban J connectivity index is 1.98. The van der Waals surface area contributed by atoms with E-state index in [4.69, 9.17) is 17.0 Å². The number of nitrogens with one attached hydrogen (secondary N) is 1. The second kappa shape index (κ2) is 5.57. The maximum atomic E-state index is 12.6. The minimum absolute atomic E-state index is 0.0543. The van der Waals surface area contributed by atoms with Crippen LogP contribution in [0.5, 0.6) is 0 Å². The van der Waals surface area contributed by atoms with Crippen molar-refractivity contribution in [2.75, 3.05) is 26.3 Å². The van der Waals surface area contributed by atoms with Gasteiger partial charge in [-0.3, -0.25) is 9.36 Å². The molecule has 0 radical (unpaired) electrons. The standard InChI is InChI=1S/C14H18N4O2S/c1-9-3-4-11-12(15-9)18(14(21)16-11)10(2)13(19)17-5-7-20-8-6-17/h3-4,10H,5-8H2,1-2H3,(H,16,21). The Morgan fingerprint density at radius 1 is 1.43 bits per heavy atom. The molecule has 0 spiro atoms. The van der Waals surface area contributed by atoms with E-state index in [0.29, 0.717) is 31.1 Å². The maximum Gasteiger partial charge on any atom is 0.245 e. The number of imidazole rings is 1. The van der Waals surface area contributed by atoms with Gasteiger partial charge in [-0.25, -0.2) is 4.98 Å². The summed E-state index contributed by atoms with van der Waals surface area (Å²) < 4.78 is 7.62. The highest BCUT2D eigenvalue weighted by Gasteiger charge is 2.25. The van der Waals surface area contributed by atoms with Crippen LogP contribution >= 0.6 is 12.2 Å². The predicted octanol–water partition coefficient (Wildman–Crippen LogP) is 1.82. The van der Waals surface area contributed by atoms with Crippen molar-refractivity contribution in [2.24, 2.45) is 0 Å². The molecule has 1 saturated heterocycles. The van der Waals surface area contributed by atoms with Gasteiger partial charge in [-0.2, -0.15) is 0 Å². The van der Waals surface area contributed by atoms with Crippen LogP contribution in [0, 0.1) is 11.7 Å². The number of hydrogen-bond acceptors (Lipinski definition) is 4. The van der Waals surface area contributed by atoms with Gasteiger partial charge in [0.15, 0.2) is 10.4 Å². The fraction of sp³-hybridized carbons (Fsp3) is 0.500. The molecule has 7 heteroatoms. The molecule has 112 valence electrons. The zero-order chi connectivity index (χ0) is 15.0. The molecule has 1 amide bonds. The summed E-state index contributed by atoms with van der Waals surface area (Å²) in [6, 6.07) is 3.49. The van der Waals surface area contributed by atoms with E-state index in [2.05, 4.69) is 9.97 Å².